The molecule has 142 valence electrons. The minimum Gasteiger partial charge on any atom is -0.484 e. The molecule has 3 aromatic rings. The van der Waals surface area contributed by atoms with E-state index < -0.39 is 0 Å². The molecule has 0 saturated carbocycles. The third-order valence-electron chi connectivity index (χ3n) is 4.31. The van der Waals surface area contributed by atoms with Gasteiger partial charge >= 0.3 is 0 Å². The highest BCUT2D eigenvalue weighted by Gasteiger charge is 2.07. The van der Waals surface area contributed by atoms with Crippen molar-refractivity contribution in [3.8, 4) is 5.75 Å². The molecule has 0 bridgehead atoms. The van der Waals surface area contributed by atoms with E-state index in [0.29, 0.717) is 17.0 Å². The predicted molar refractivity (Wildman–Crippen MR) is 111 cm³/mol. The quantitative estimate of drug-likeness (QED) is 0.664. The second-order valence-electron chi connectivity index (χ2n) is 6.48. The second-order valence-corrected chi connectivity index (χ2v) is 6.48. The summed E-state index contributed by atoms with van der Waals surface area (Å²) in [5, 5.41) is 5.63. The molecule has 0 atom stereocenters. The minimum absolute atomic E-state index is 0.0946. The van der Waals surface area contributed by atoms with Crippen LogP contribution >= 0.6 is 0 Å². The molecule has 3 aromatic carbocycles. The summed E-state index contributed by atoms with van der Waals surface area (Å²) in [5.41, 5.74) is 4.28. The Morgan fingerprint density at radius 1 is 0.786 bits per heavy atom. The van der Waals surface area contributed by atoms with Gasteiger partial charge in [0, 0.05) is 16.9 Å². The van der Waals surface area contributed by atoms with Crippen LogP contribution in [-0.2, 0) is 4.79 Å². The smallest absolute Gasteiger partial charge is 0.262 e. The van der Waals surface area contributed by atoms with Crippen LogP contribution in [0.2, 0.25) is 0 Å². The summed E-state index contributed by atoms with van der Waals surface area (Å²) in [5.74, 6) is 0.139. The van der Waals surface area contributed by atoms with Crippen molar-refractivity contribution in [3.05, 3.63) is 89.5 Å². The normalized spacial score (nSPS) is 10.2. The monoisotopic (exact) mass is 374 g/mol. The van der Waals surface area contributed by atoms with Gasteiger partial charge in [0.25, 0.3) is 11.8 Å². The van der Waals surface area contributed by atoms with E-state index in [9.17, 15) is 9.59 Å². The molecule has 0 unspecified atom stereocenters. The van der Waals surface area contributed by atoms with Gasteiger partial charge in [-0.15, -0.1) is 0 Å². The van der Waals surface area contributed by atoms with Gasteiger partial charge in [0.1, 0.15) is 5.75 Å². The lowest BCUT2D eigenvalue weighted by molar-refractivity contribution is -0.118. The van der Waals surface area contributed by atoms with E-state index in [1.165, 1.54) is 5.56 Å². The van der Waals surface area contributed by atoms with Gasteiger partial charge in [0.05, 0.1) is 0 Å². The van der Waals surface area contributed by atoms with E-state index in [1.54, 1.807) is 36.4 Å². The summed E-state index contributed by atoms with van der Waals surface area (Å²) >= 11 is 0. The number of amides is 2. The van der Waals surface area contributed by atoms with Crippen molar-refractivity contribution in [2.45, 2.75) is 13.8 Å². The Kier molecular flexibility index (Phi) is 6.07. The van der Waals surface area contributed by atoms with Gasteiger partial charge in [0.15, 0.2) is 6.61 Å². The number of carbonyl (C=O) groups excluding carboxylic acids is 2. The standard InChI is InChI=1S/C23H22N2O3/c1-16-8-9-20(14-17(16)2)24-22(26)15-28-21-12-10-19(11-13-21)25-23(27)18-6-4-3-5-7-18/h3-14H,15H2,1-2H3,(H,24,26)(H,25,27). The molecule has 0 radical (unpaired) electrons. The van der Waals surface area contributed by atoms with E-state index >= 15 is 0 Å². The Balaban J connectivity index is 1.50. The van der Waals surface area contributed by atoms with Gasteiger partial charge < -0.3 is 15.4 Å². The van der Waals surface area contributed by atoms with Gasteiger partial charge in [-0.05, 0) is 73.5 Å². The zero-order valence-electron chi connectivity index (χ0n) is 15.9. The molecule has 0 spiro atoms. The third kappa shape index (κ3) is 5.20. The zero-order chi connectivity index (χ0) is 19.9. The topological polar surface area (TPSA) is 67.4 Å². The molecule has 0 aliphatic heterocycles. The summed E-state index contributed by atoms with van der Waals surface area (Å²) in [6, 6.07) is 21.6. The van der Waals surface area contributed by atoms with E-state index in [2.05, 4.69) is 10.6 Å². The number of aryl methyl sites for hydroxylation is 2. The molecule has 0 aromatic heterocycles. The van der Waals surface area contributed by atoms with Crippen LogP contribution in [-0.4, -0.2) is 18.4 Å². The number of hydrogen-bond acceptors (Lipinski definition) is 3. The number of rotatable bonds is 6. The molecule has 0 heterocycles. The number of hydrogen-bond donors (Lipinski definition) is 2. The lowest BCUT2D eigenvalue weighted by Gasteiger charge is -2.10. The molecule has 0 fully saturated rings. The Labute approximate surface area is 164 Å². The van der Waals surface area contributed by atoms with Gasteiger partial charge in [-0.1, -0.05) is 24.3 Å². The fourth-order valence-corrected chi connectivity index (χ4v) is 2.59. The van der Waals surface area contributed by atoms with Crippen molar-refractivity contribution in [3.63, 3.8) is 0 Å². The zero-order valence-corrected chi connectivity index (χ0v) is 15.9. The first-order valence-electron chi connectivity index (χ1n) is 8.97. The fraction of sp³-hybridized carbons (Fsp3) is 0.130. The van der Waals surface area contributed by atoms with Crippen LogP contribution in [0.1, 0.15) is 21.5 Å². The summed E-state index contributed by atoms with van der Waals surface area (Å²) in [6.45, 7) is 3.93. The minimum atomic E-state index is -0.232. The maximum absolute atomic E-state index is 12.1. The molecule has 0 aliphatic carbocycles. The Morgan fingerprint density at radius 2 is 1.46 bits per heavy atom. The molecule has 2 amide bonds. The van der Waals surface area contributed by atoms with Gasteiger partial charge in [-0.3, -0.25) is 9.59 Å². The molecular formula is C23H22N2O3. The van der Waals surface area contributed by atoms with Crippen molar-refractivity contribution in [2.75, 3.05) is 17.2 Å². The molecule has 0 saturated heterocycles. The highest BCUT2D eigenvalue weighted by atomic mass is 16.5. The summed E-state index contributed by atoms with van der Waals surface area (Å²) in [4.78, 5) is 24.2. The van der Waals surface area contributed by atoms with E-state index in [1.807, 2.05) is 50.2 Å². The van der Waals surface area contributed by atoms with E-state index in [0.717, 1.165) is 11.3 Å². The third-order valence-corrected chi connectivity index (χ3v) is 4.31. The van der Waals surface area contributed by atoms with Crippen LogP contribution in [0.15, 0.2) is 72.8 Å². The van der Waals surface area contributed by atoms with Gasteiger partial charge in [-0.25, -0.2) is 0 Å². The Bertz CT molecular complexity index is 967. The Morgan fingerprint density at radius 3 is 2.14 bits per heavy atom. The Hall–Kier alpha value is -3.60. The highest BCUT2D eigenvalue weighted by Crippen LogP contribution is 2.17. The first-order valence-corrected chi connectivity index (χ1v) is 8.97. The lowest BCUT2D eigenvalue weighted by atomic mass is 10.1. The molecular weight excluding hydrogens is 352 g/mol. The molecule has 0 aliphatic rings. The summed E-state index contributed by atoms with van der Waals surface area (Å²) in [7, 11) is 0. The highest BCUT2D eigenvalue weighted by molar-refractivity contribution is 6.04. The summed E-state index contributed by atoms with van der Waals surface area (Å²) in [6.07, 6.45) is 0. The van der Waals surface area contributed by atoms with E-state index in [-0.39, 0.29) is 18.4 Å². The van der Waals surface area contributed by atoms with E-state index in [4.69, 9.17) is 4.74 Å². The molecule has 28 heavy (non-hydrogen) atoms. The number of carbonyl (C=O) groups is 2. The fourth-order valence-electron chi connectivity index (χ4n) is 2.59. The van der Waals surface area contributed by atoms with Crippen LogP contribution in [0.5, 0.6) is 5.75 Å². The number of nitrogens with one attached hydrogen (secondary N) is 2. The van der Waals surface area contributed by atoms with Gasteiger partial charge in [-0.2, -0.15) is 0 Å². The number of anilines is 2. The van der Waals surface area contributed by atoms with Crippen LogP contribution in [0.3, 0.4) is 0 Å². The van der Waals surface area contributed by atoms with Crippen LogP contribution < -0.4 is 15.4 Å². The molecule has 5 nitrogen and oxygen atoms in total. The average molecular weight is 374 g/mol. The first-order chi connectivity index (χ1) is 13.5. The largest absolute Gasteiger partial charge is 0.484 e. The molecule has 5 heteroatoms. The maximum Gasteiger partial charge on any atom is 0.262 e. The van der Waals surface area contributed by atoms with Crippen molar-refractivity contribution < 1.29 is 14.3 Å². The number of benzene rings is 3. The first kappa shape index (κ1) is 19.2. The van der Waals surface area contributed by atoms with Crippen molar-refractivity contribution in [1.82, 2.24) is 0 Å². The second kappa shape index (κ2) is 8.86. The summed E-state index contributed by atoms with van der Waals surface area (Å²) < 4.78 is 5.51. The average Bonchev–Trinajstić information content (AvgIpc) is 2.71. The van der Waals surface area contributed by atoms with Crippen LogP contribution in [0.25, 0.3) is 0 Å². The van der Waals surface area contributed by atoms with Crippen molar-refractivity contribution >= 4 is 23.2 Å². The molecule has 2 N–H and O–H groups in total. The maximum atomic E-state index is 12.1. The lowest BCUT2D eigenvalue weighted by Crippen LogP contribution is -2.20. The van der Waals surface area contributed by atoms with Gasteiger partial charge in [0.2, 0.25) is 0 Å². The van der Waals surface area contributed by atoms with Crippen molar-refractivity contribution in [1.29, 1.82) is 0 Å². The van der Waals surface area contributed by atoms with Crippen LogP contribution in [0, 0.1) is 13.8 Å². The van der Waals surface area contributed by atoms with Crippen molar-refractivity contribution in [2.24, 2.45) is 0 Å². The SMILES string of the molecule is Cc1ccc(NC(=O)COc2ccc(NC(=O)c3ccccc3)cc2)cc1C. The molecule has 3 rings (SSSR count). The predicted octanol–water partition coefficient (Wildman–Crippen LogP) is 4.57. The van der Waals surface area contributed by atoms with Crippen LogP contribution in [0.4, 0.5) is 11.4 Å². The number of ether oxygens (including phenoxy) is 1.